The number of ether oxygens (including phenoxy) is 4. The van der Waals surface area contributed by atoms with Gasteiger partial charge in [0.15, 0.2) is 29.0 Å². The average molecular weight is 1320 g/mol. The summed E-state index contributed by atoms with van der Waals surface area (Å²) in [5, 5.41) is 115. The first-order valence-electron chi connectivity index (χ1n) is 27.8. The van der Waals surface area contributed by atoms with Crippen LogP contribution >= 0.6 is 23.2 Å². The molecule has 0 radical (unpaired) electrons. The molecule has 0 aromatic heterocycles. The molecule has 0 spiro atoms. The molecular weight excluding hydrogens is 1260 g/mol. The zero-order valence-electron chi connectivity index (χ0n) is 48.6. The molecule has 17 N–H and O–H groups in total. The summed E-state index contributed by atoms with van der Waals surface area (Å²) in [4.78, 5) is 114. The van der Waals surface area contributed by atoms with Gasteiger partial charge in [0.1, 0.15) is 88.2 Å². The van der Waals surface area contributed by atoms with E-state index >= 15 is 9.59 Å². The summed E-state index contributed by atoms with van der Waals surface area (Å²) in [6.45, 7) is 4.65. The van der Waals surface area contributed by atoms with Gasteiger partial charge in [0, 0.05) is 35.2 Å². The van der Waals surface area contributed by atoms with E-state index in [1.54, 1.807) is 20.8 Å². The van der Waals surface area contributed by atoms with Crippen molar-refractivity contribution in [1.29, 1.82) is 0 Å². The van der Waals surface area contributed by atoms with Crippen LogP contribution in [0.15, 0.2) is 115 Å². The first-order valence-corrected chi connectivity index (χ1v) is 28.6. The predicted octanol–water partition coefficient (Wildman–Crippen LogP) is 6.46. The number of fused-ring (bicyclic) bond motifs is 15. The van der Waals surface area contributed by atoms with Crippen LogP contribution in [0.5, 0.6) is 69.0 Å². The number of aliphatic hydroxyl groups excluding tert-OH is 1. The molecule has 482 valence electrons. The highest BCUT2D eigenvalue weighted by molar-refractivity contribution is 6.32. The molecule has 5 heterocycles. The molecule has 5 aliphatic rings. The van der Waals surface area contributed by atoms with Gasteiger partial charge in [0.05, 0.1) is 10.0 Å². The third-order valence-electron chi connectivity index (χ3n) is 14.8. The molecule has 7 aromatic rings. The summed E-state index contributed by atoms with van der Waals surface area (Å²) in [5.74, 6) is -16.5. The lowest BCUT2D eigenvalue weighted by Gasteiger charge is -2.31. The summed E-state index contributed by atoms with van der Waals surface area (Å²) in [7, 11) is 0. The summed E-state index contributed by atoms with van der Waals surface area (Å²) >= 11 is 13.6. The molecule has 0 aliphatic carbocycles. The van der Waals surface area contributed by atoms with E-state index in [2.05, 4.69) is 31.9 Å². The highest BCUT2D eigenvalue weighted by Crippen LogP contribution is 2.48. The number of aliphatic carboxylic acids is 2. The van der Waals surface area contributed by atoms with E-state index in [0.29, 0.717) is 0 Å². The van der Waals surface area contributed by atoms with Crippen molar-refractivity contribution < 1.29 is 103 Å². The van der Waals surface area contributed by atoms with E-state index in [1.807, 2.05) is 0 Å². The number of alkyl carbamates (subject to hydrolysis) is 1. The van der Waals surface area contributed by atoms with Gasteiger partial charge in [-0.25, -0.2) is 14.4 Å². The highest BCUT2D eigenvalue weighted by atomic mass is 35.5. The Morgan fingerprint density at radius 1 is 0.559 bits per heavy atom. The Balaban J connectivity index is 1.17. The SMILES string of the molecule is CC(C)(C)OC(=O)N[C@H]1C(=O)N[C@@H](C(=O)O)Cc2ccc(c(Cl)c2)Oc2cc3cc(c2O)Oc2ccc(cc2Cl)[C@@H](O)[C@@H]2NC(=O)[C@H](NC(=O)[C@@H]3NC(=O)[C@@H](N)c3cc(O)cc(c3)Oc3cc1ccc3O)c1ccc(O)c(c1)-c1c(O)cc(O)cc1[C@@H](C(=O)O)NC2=O. The van der Waals surface area contributed by atoms with E-state index < -0.39 is 176 Å². The minimum Gasteiger partial charge on any atom is -0.508 e. The number of aliphatic hydroxyl groups is 1. The van der Waals surface area contributed by atoms with Crippen molar-refractivity contribution in [3.8, 4) is 80.1 Å². The summed E-state index contributed by atoms with van der Waals surface area (Å²) in [5.41, 5.74) is 3.06. The number of nitrogens with two attached hydrogens (primary N) is 1. The first kappa shape index (κ1) is 64.8. The van der Waals surface area contributed by atoms with E-state index in [1.165, 1.54) is 30.3 Å². The smallest absolute Gasteiger partial charge is 0.408 e. The maximum atomic E-state index is 15.6. The van der Waals surface area contributed by atoms with Crippen molar-refractivity contribution in [2.24, 2.45) is 5.73 Å². The van der Waals surface area contributed by atoms with Crippen LogP contribution < -0.4 is 51.8 Å². The van der Waals surface area contributed by atoms with Crippen LogP contribution in [-0.4, -0.2) is 111 Å². The van der Waals surface area contributed by atoms with Gasteiger partial charge < -0.3 is 103 Å². The molecule has 0 saturated carbocycles. The average Bonchev–Trinajstić information content (AvgIpc) is 0.777. The molecule has 0 unspecified atom stereocenters. The fourth-order valence-electron chi connectivity index (χ4n) is 10.4. The van der Waals surface area contributed by atoms with Gasteiger partial charge in [0.2, 0.25) is 35.3 Å². The van der Waals surface area contributed by atoms with Gasteiger partial charge in [-0.2, -0.15) is 0 Å². The zero-order valence-corrected chi connectivity index (χ0v) is 50.1. The molecule has 6 amide bonds. The van der Waals surface area contributed by atoms with Crippen LogP contribution in [-0.2, 0) is 44.7 Å². The molecule has 15 bridgehead atoms. The lowest BCUT2D eigenvalue weighted by atomic mass is 9.89. The largest absolute Gasteiger partial charge is 0.508 e. The molecule has 12 rings (SSSR count). The second-order valence-corrected chi connectivity index (χ2v) is 23.4. The number of amides is 6. The lowest BCUT2D eigenvalue weighted by Crippen LogP contribution is -2.55. The van der Waals surface area contributed by atoms with Gasteiger partial charge in [-0.1, -0.05) is 47.5 Å². The Morgan fingerprint density at radius 3 is 1.82 bits per heavy atom. The minimum absolute atomic E-state index is 0.110. The Bertz CT molecular complexity index is 4280. The van der Waals surface area contributed by atoms with Crippen molar-refractivity contribution in [1.82, 2.24) is 31.9 Å². The molecule has 93 heavy (non-hydrogen) atoms. The van der Waals surface area contributed by atoms with Crippen LogP contribution in [0.3, 0.4) is 0 Å². The number of carbonyl (C=O) groups is 8. The number of phenolic OH excluding ortho intramolecular Hbond substituents is 6. The molecule has 30 heteroatoms. The van der Waals surface area contributed by atoms with Crippen molar-refractivity contribution in [2.75, 3.05) is 0 Å². The number of carbonyl (C=O) groups excluding carboxylic acids is 6. The van der Waals surface area contributed by atoms with Crippen molar-refractivity contribution in [3.05, 3.63) is 164 Å². The number of halogens is 2. The summed E-state index contributed by atoms with van der Waals surface area (Å²) < 4.78 is 23.8. The topological polar surface area (TPSA) is 454 Å². The normalized spacial score (nSPS) is 20.8. The Morgan fingerprint density at radius 2 is 1.16 bits per heavy atom. The fourth-order valence-corrected chi connectivity index (χ4v) is 10.9. The quantitative estimate of drug-likeness (QED) is 0.0901. The molecule has 8 atom stereocenters. The number of hydrogen-bond acceptors (Lipinski definition) is 20. The molecule has 28 nitrogen and oxygen atoms in total. The van der Waals surface area contributed by atoms with E-state index in [4.69, 9.17) is 47.9 Å². The van der Waals surface area contributed by atoms with Crippen LogP contribution in [0.1, 0.15) is 96.0 Å². The maximum absolute atomic E-state index is 15.6. The Labute approximate surface area is 535 Å². The van der Waals surface area contributed by atoms with Crippen LogP contribution in [0.4, 0.5) is 4.79 Å². The number of benzene rings is 7. The van der Waals surface area contributed by atoms with Crippen molar-refractivity contribution in [3.63, 3.8) is 0 Å². The van der Waals surface area contributed by atoms with Crippen LogP contribution in [0, 0.1) is 0 Å². The van der Waals surface area contributed by atoms with E-state index in [-0.39, 0.29) is 60.7 Å². The number of carboxylic acids is 2. The first-order chi connectivity index (χ1) is 43.9. The maximum Gasteiger partial charge on any atom is 0.408 e. The monoisotopic (exact) mass is 1320 g/mol. The van der Waals surface area contributed by atoms with Crippen molar-refractivity contribution >= 4 is 70.8 Å². The second-order valence-electron chi connectivity index (χ2n) is 22.6. The van der Waals surface area contributed by atoms with Gasteiger partial charge in [0.25, 0.3) is 0 Å². The number of hydrogen-bond donors (Lipinski definition) is 16. The fraction of sp³-hybridized carbons (Fsp3) is 0.206. The predicted molar refractivity (Wildman–Crippen MR) is 324 cm³/mol. The molecule has 5 aliphatic heterocycles. The van der Waals surface area contributed by atoms with E-state index in [0.717, 1.165) is 84.9 Å². The van der Waals surface area contributed by atoms with Crippen molar-refractivity contribution in [2.45, 2.75) is 81.2 Å². The zero-order chi connectivity index (χ0) is 67.2. The summed E-state index contributed by atoms with van der Waals surface area (Å²) in [6, 6.07) is 6.65. The number of carboxylic acid groups (broad SMARTS) is 2. The number of aromatic hydroxyl groups is 6. The molecule has 0 fully saturated rings. The highest BCUT2D eigenvalue weighted by Gasteiger charge is 2.41. The lowest BCUT2D eigenvalue weighted by molar-refractivity contribution is -0.143. The number of nitrogens with one attached hydrogen (secondary N) is 6. The van der Waals surface area contributed by atoms with Gasteiger partial charge in [-0.3, -0.25) is 24.0 Å². The molecule has 7 aromatic carbocycles. The van der Waals surface area contributed by atoms with Gasteiger partial charge in [-0.15, -0.1) is 0 Å². The van der Waals surface area contributed by atoms with Crippen LogP contribution in [0.2, 0.25) is 10.0 Å². The Hall–Kier alpha value is -11.2. The van der Waals surface area contributed by atoms with E-state index in [9.17, 15) is 74.7 Å². The Kier molecular flexibility index (Phi) is 17.8. The second kappa shape index (κ2) is 25.6. The van der Waals surface area contributed by atoms with Gasteiger partial charge >= 0.3 is 18.0 Å². The third-order valence-corrected chi connectivity index (χ3v) is 15.4. The van der Waals surface area contributed by atoms with Gasteiger partial charge in [-0.05, 0) is 133 Å². The molecular formula is C63H55Cl2N7O21. The minimum atomic E-state index is -2.20. The summed E-state index contributed by atoms with van der Waals surface area (Å²) in [6.07, 6.45) is -3.74. The third kappa shape index (κ3) is 13.9. The standard InChI is InChI=1S/C63H55Cl2N7O21/c1-63(2,3)93-62(89)72-49-26-6-9-39(76)43(18-26)90-32-15-28(14-30(73)21-32)47(66)55(80)68-50-29-19-44(91-41-10-4-24(12-35(41)64)13-37(60(85)86)67-56(49)81)54(79)45(20-29)92-42-11-7-27(17-36(42)65)53(78)52-59(84)70-51(61(87)88)34-22-31(74)23-40(77)46(34)33-16-25(5-8-38(33)75)48(57(82)71-52)69-58(50)83/h4-12,14-23,37,47-53,73-79H,13,66H2,1-3H3,(H,67,81)(H,68,80)(H,69,83)(H,70,84)(H,71,82)(H,72,89)(H,85,86)(H,87,88)/t37-,47+,48-,49-,50-,51+,52+,53-/m1/s1. The number of phenols is 6. The number of rotatable bonds is 3. The molecule has 0 saturated heterocycles. The van der Waals surface area contributed by atoms with Crippen LogP contribution in [0.25, 0.3) is 11.1 Å².